The number of hydrogen-bond acceptors (Lipinski definition) is 2. The molecule has 318 valence electrons. The van der Waals surface area contributed by atoms with Gasteiger partial charge in [0.05, 0.1) is 33.5 Å². The highest BCUT2D eigenvalue weighted by Gasteiger charge is 2.53. The predicted molar refractivity (Wildman–Crippen MR) is 284 cm³/mol. The molecular formula is C65H43N3. The van der Waals surface area contributed by atoms with Gasteiger partial charge in [-0.2, -0.15) is 0 Å². The molecular weight excluding hydrogens is 823 g/mol. The molecule has 68 heavy (non-hydrogen) atoms. The molecule has 0 radical (unpaired) electrons. The Hall–Kier alpha value is -8.92. The van der Waals surface area contributed by atoms with Crippen molar-refractivity contribution in [2.45, 2.75) is 5.41 Å². The summed E-state index contributed by atoms with van der Waals surface area (Å²) in [6.45, 7) is 0. The molecule has 1 heterocycles. The Morgan fingerprint density at radius 2 is 0.765 bits per heavy atom. The first-order chi connectivity index (χ1) is 33.8. The van der Waals surface area contributed by atoms with Gasteiger partial charge in [-0.3, -0.25) is 0 Å². The first-order valence-electron chi connectivity index (χ1n) is 23.5. The van der Waals surface area contributed by atoms with Gasteiger partial charge in [0.25, 0.3) is 0 Å². The fourth-order valence-corrected chi connectivity index (χ4v) is 12.0. The highest BCUT2D eigenvalue weighted by molar-refractivity contribution is 6.18. The van der Waals surface area contributed by atoms with E-state index in [1.807, 2.05) is 0 Å². The quantitative estimate of drug-likeness (QED) is 0.158. The molecule has 12 aromatic rings. The summed E-state index contributed by atoms with van der Waals surface area (Å²) in [6, 6.07) is 96.1. The van der Waals surface area contributed by atoms with E-state index in [-0.39, 0.29) is 0 Å². The van der Waals surface area contributed by atoms with E-state index in [2.05, 4.69) is 275 Å². The molecule has 11 aromatic carbocycles. The zero-order valence-electron chi connectivity index (χ0n) is 37.2. The van der Waals surface area contributed by atoms with Gasteiger partial charge in [0.1, 0.15) is 0 Å². The summed E-state index contributed by atoms with van der Waals surface area (Å²) >= 11 is 0. The molecule has 0 N–H and O–H groups in total. The van der Waals surface area contributed by atoms with Crippen molar-refractivity contribution in [1.29, 1.82) is 0 Å². The van der Waals surface area contributed by atoms with Crippen molar-refractivity contribution in [2.75, 3.05) is 9.80 Å². The first-order valence-corrected chi connectivity index (χ1v) is 23.5. The summed E-state index contributed by atoms with van der Waals surface area (Å²) in [5.41, 5.74) is 19.9. The average molecular weight is 866 g/mol. The molecule has 0 bridgehead atoms. The van der Waals surface area contributed by atoms with Crippen LogP contribution in [0.25, 0.3) is 60.5 Å². The summed E-state index contributed by atoms with van der Waals surface area (Å²) in [7, 11) is 0. The van der Waals surface area contributed by atoms with Crippen LogP contribution in [0.15, 0.2) is 261 Å². The van der Waals surface area contributed by atoms with Gasteiger partial charge < -0.3 is 14.4 Å². The number of aromatic nitrogens is 1. The Morgan fingerprint density at radius 1 is 0.294 bits per heavy atom. The number of benzene rings is 11. The molecule has 0 saturated heterocycles. The maximum atomic E-state index is 2.53. The van der Waals surface area contributed by atoms with Gasteiger partial charge in [-0.05, 0) is 123 Å². The first kappa shape index (κ1) is 38.4. The Bertz CT molecular complexity index is 3870. The van der Waals surface area contributed by atoms with Gasteiger partial charge in [0.2, 0.25) is 0 Å². The predicted octanol–water partition coefficient (Wildman–Crippen LogP) is 17.2. The van der Waals surface area contributed by atoms with E-state index < -0.39 is 5.41 Å². The molecule has 0 saturated carbocycles. The van der Waals surface area contributed by atoms with Crippen LogP contribution >= 0.6 is 0 Å². The lowest BCUT2D eigenvalue weighted by Crippen LogP contribution is -2.26. The van der Waals surface area contributed by atoms with Gasteiger partial charge in [-0.1, -0.05) is 182 Å². The van der Waals surface area contributed by atoms with Crippen LogP contribution in [0, 0.1) is 0 Å². The number of hydrogen-bond donors (Lipinski definition) is 0. The number of fused-ring (bicyclic) bond motifs is 15. The average Bonchev–Trinajstić information content (AvgIpc) is 4.03. The fraction of sp³-hybridized carbons (Fsp3) is 0.0154. The lowest BCUT2D eigenvalue weighted by atomic mass is 9.70. The molecule has 2 aliphatic rings. The Balaban J connectivity index is 1.09. The second-order valence-electron chi connectivity index (χ2n) is 17.9. The van der Waals surface area contributed by atoms with Crippen molar-refractivity contribution >= 4 is 66.7 Å². The third-order valence-electron chi connectivity index (χ3n) is 14.5. The van der Waals surface area contributed by atoms with E-state index in [1.165, 1.54) is 77.1 Å². The Kier molecular flexibility index (Phi) is 8.50. The van der Waals surface area contributed by atoms with Crippen molar-refractivity contribution in [1.82, 2.24) is 4.57 Å². The van der Waals surface area contributed by atoms with Crippen LogP contribution in [0.5, 0.6) is 0 Å². The van der Waals surface area contributed by atoms with Crippen LogP contribution in [0.4, 0.5) is 34.1 Å². The second-order valence-corrected chi connectivity index (χ2v) is 17.9. The van der Waals surface area contributed by atoms with Crippen molar-refractivity contribution in [2.24, 2.45) is 0 Å². The fourth-order valence-electron chi connectivity index (χ4n) is 12.0. The molecule has 1 unspecified atom stereocenters. The van der Waals surface area contributed by atoms with Crippen LogP contribution in [-0.4, -0.2) is 4.57 Å². The van der Waals surface area contributed by atoms with Crippen molar-refractivity contribution < 1.29 is 0 Å². The zero-order valence-corrected chi connectivity index (χ0v) is 37.2. The van der Waals surface area contributed by atoms with E-state index in [1.54, 1.807) is 0 Å². The smallest absolute Gasteiger partial charge is 0.0727 e. The third kappa shape index (κ3) is 5.36. The summed E-state index contributed by atoms with van der Waals surface area (Å²) in [6.07, 6.45) is 0. The number of anilines is 6. The van der Waals surface area contributed by atoms with Crippen LogP contribution in [-0.2, 0) is 5.41 Å². The minimum atomic E-state index is -0.622. The van der Waals surface area contributed by atoms with Gasteiger partial charge in [0.15, 0.2) is 0 Å². The Labute approximate surface area is 395 Å². The van der Waals surface area contributed by atoms with E-state index >= 15 is 0 Å². The zero-order chi connectivity index (χ0) is 44.8. The SMILES string of the molecule is c1ccc(N(c2ccccc2)c2cc3c(c4ccccc24)-c2ccccc2C32c3ccccc3-c3c(N(c4ccccc4)c4cccc5c4c4ccccc4n5-c4ccccc4)cccc32)cc1. The molecule has 3 heteroatoms. The highest BCUT2D eigenvalue weighted by Crippen LogP contribution is 2.66. The van der Waals surface area contributed by atoms with Gasteiger partial charge >= 0.3 is 0 Å². The van der Waals surface area contributed by atoms with E-state index in [9.17, 15) is 0 Å². The van der Waals surface area contributed by atoms with Crippen molar-refractivity contribution in [3.63, 3.8) is 0 Å². The number of nitrogens with zero attached hydrogens (tertiary/aromatic N) is 3. The van der Waals surface area contributed by atoms with E-state index in [4.69, 9.17) is 0 Å². The van der Waals surface area contributed by atoms with Gasteiger partial charge in [-0.25, -0.2) is 0 Å². The standard InChI is InChI=1S/C65H43N3/c1-5-23-44(24-6-1)66(45-25-7-2-8-26-45)61-43-56-62(49-32-14-13-31-48(49)61)50-33-15-18-36-53(50)65(56)54-37-19-16-34-51(54)63-55(65)38-21-40-58(63)68(47-29-11-4-12-30-47)60-42-22-41-59-64(60)52-35-17-20-39-57(52)67(59)46-27-9-3-10-28-46/h1-43H. The summed E-state index contributed by atoms with van der Waals surface area (Å²) in [5, 5.41) is 4.88. The molecule has 0 aliphatic heterocycles. The topological polar surface area (TPSA) is 11.4 Å². The summed E-state index contributed by atoms with van der Waals surface area (Å²) in [4.78, 5) is 4.97. The summed E-state index contributed by atoms with van der Waals surface area (Å²) in [5.74, 6) is 0. The van der Waals surface area contributed by atoms with Crippen molar-refractivity contribution in [3.05, 3.63) is 283 Å². The maximum absolute atomic E-state index is 2.53. The lowest BCUT2D eigenvalue weighted by Gasteiger charge is -2.33. The largest absolute Gasteiger partial charge is 0.310 e. The van der Waals surface area contributed by atoms with Crippen molar-refractivity contribution in [3.8, 4) is 27.9 Å². The van der Waals surface area contributed by atoms with Crippen LogP contribution in [0.1, 0.15) is 22.3 Å². The minimum absolute atomic E-state index is 0.622. The molecule has 1 atom stereocenters. The maximum Gasteiger partial charge on any atom is 0.0727 e. The monoisotopic (exact) mass is 865 g/mol. The highest BCUT2D eigenvalue weighted by atomic mass is 15.2. The third-order valence-corrected chi connectivity index (χ3v) is 14.5. The van der Waals surface area contributed by atoms with E-state index in [0.29, 0.717) is 0 Å². The normalized spacial score (nSPS) is 14.2. The molecule has 3 nitrogen and oxygen atoms in total. The summed E-state index contributed by atoms with van der Waals surface area (Å²) < 4.78 is 2.42. The van der Waals surface area contributed by atoms with Gasteiger partial charge in [-0.15, -0.1) is 0 Å². The van der Waals surface area contributed by atoms with Crippen LogP contribution in [0.3, 0.4) is 0 Å². The molecule has 0 amide bonds. The number of rotatable bonds is 7. The second kappa shape index (κ2) is 15.1. The Morgan fingerprint density at radius 3 is 1.43 bits per heavy atom. The lowest BCUT2D eigenvalue weighted by molar-refractivity contribution is 0.794. The van der Waals surface area contributed by atoms with Crippen LogP contribution in [0.2, 0.25) is 0 Å². The molecule has 1 aromatic heterocycles. The minimum Gasteiger partial charge on any atom is -0.310 e. The van der Waals surface area contributed by atoms with E-state index in [0.717, 1.165) is 39.8 Å². The molecule has 2 aliphatic carbocycles. The van der Waals surface area contributed by atoms with Gasteiger partial charge in [0, 0.05) is 44.5 Å². The molecule has 0 fully saturated rings. The van der Waals surface area contributed by atoms with Crippen LogP contribution < -0.4 is 9.80 Å². The molecule has 1 spiro atoms. The number of para-hydroxylation sites is 5. The molecule has 14 rings (SSSR count).